The Kier molecular flexibility index (Phi) is 9.28. The van der Waals surface area contributed by atoms with Gasteiger partial charge in [0.2, 0.25) is 0 Å². The molecular formula is C22H26ClN3O7S. The molecule has 1 aromatic carbocycles. The van der Waals surface area contributed by atoms with Crippen molar-refractivity contribution in [1.82, 2.24) is 16.0 Å². The number of nitrogens with one attached hydrogen (secondary N) is 3. The maximum absolute atomic E-state index is 12.7. The molecule has 10 nitrogen and oxygen atoms in total. The summed E-state index contributed by atoms with van der Waals surface area (Å²) in [5.41, 5.74) is -0.0522. The van der Waals surface area contributed by atoms with Crippen molar-refractivity contribution in [3.8, 4) is 5.75 Å². The minimum atomic E-state index is -1.22. The summed E-state index contributed by atoms with van der Waals surface area (Å²) in [4.78, 5) is 49.3. The van der Waals surface area contributed by atoms with Crippen molar-refractivity contribution >= 4 is 46.8 Å². The number of phenols is 1. The third-order valence-corrected chi connectivity index (χ3v) is 5.66. The molecule has 0 aliphatic heterocycles. The van der Waals surface area contributed by atoms with Crippen molar-refractivity contribution in [2.24, 2.45) is 0 Å². The number of carbonyl (C=O) groups excluding carboxylic acids is 4. The minimum Gasteiger partial charge on any atom is -0.508 e. The van der Waals surface area contributed by atoms with Crippen LogP contribution in [0.25, 0.3) is 0 Å². The number of aromatic hydroxyl groups is 1. The number of amides is 3. The van der Waals surface area contributed by atoms with E-state index in [4.69, 9.17) is 16.3 Å². The summed E-state index contributed by atoms with van der Waals surface area (Å²) >= 11 is 6.99. The first-order valence-electron chi connectivity index (χ1n) is 10.1. The molecule has 0 saturated heterocycles. The summed E-state index contributed by atoms with van der Waals surface area (Å²) in [5, 5.41) is 17.0. The summed E-state index contributed by atoms with van der Waals surface area (Å²) in [7, 11) is 1.14. The molecule has 0 bridgehead atoms. The molecule has 3 amide bonds. The number of phenolic OH excluding ortho intramolecular Hbond substituents is 1. The molecule has 1 atom stereocenters. The van der Waals surface area contributed by atoms with E-state index < -0.39 is 35.5 Å². The van der Waals surface area contributed by atoms with Crippen molar-refractivity contribution in [1.29, 1.82) is 0 Å². The fraction of sp³-hybridized carbons (Fsp3) is 0.364. The van der Waals surface area contributed by atoms with Gasteiger partial charge in [0.15, 0.2) is 0 Å². The number of halogens is 1. The van der Waals surface area contributed by atoms with Gasteiger partial charge in [0.1, 0.15) is 22.3 Å². The van der Waals surface area contributed by atoms with Crippen molar-refractivity contribution in [3.63, 3.8) is 0 Å². The summed E-state index contributed by atoms with van der Waals surface area (Å²) in [5.74, 6) is -1.90. The van der Waals surface area contributed by atoms with Gasteiger partial charge in [-0.05, 0) is 44.5 Å². The minimum absolute atomic E-state index is 0.00958. The summed E-state index contributed by atoms with van der Waals surface area (Å²) in [6.45, 7) is 4.92. The second kappa shape index (κ2) is 11.7. The predicted octanol–water partition coefficient (Wildman–Crippen LogP) is 2.83. The van der Waals surface area contributed by atoms with Crippen LogP contribution in [0.4, 0.5) is 4.79 Å². The Bertz CT molecular complexity index is 1070. The molecule has 1 heterocycles. The van der Waals surface area contributed by atoms with Crippen LogP contribution >= 0.6 is 22.9 Å². The number of carbonyl (C=O) groups is 4. The maximum Gasteiger partial charge on any atom is 0.407 e. The van der Waals surface area contributed by atoms with Crippen molar-refractivity contribution in [2.45, 2.75) is 39.0 Å². The van der Waals surface area contributed by atoms with E-state index in [0.717, 1.165) is 18.4 Å². The number of thiophene rings is 1. The molecule has 0 aliphatic rings. The molecule has 184 valence electrons. The number of benzene rings is 1. The molecule has 2 aromatic rings. The van der Waals surface area contributed by atoms with Crippen LogP contribution in [0.1, 0.15) is 45.7 Å². The highest BCUT2D eigenvalue weighted by molar-refractivity contribution is 7.16. The molecule has 0 fully saturated rings. The van der Waals surface area contributed by atoms with Crippen LogP contribution in [0.15, 0.2) is 30.3 Å². The van der Waals surface area contributed by atoms with Crippen LogP contribution in [0.3, 0.4) is 0 Å². The molecule has 1 aromatic heterocycles. The largest absolute Gasteiger partial charge is 0.508 e. The molecule has 1 unspecified atom stereocenters. The smallest absolute Gasteiger partial charge is 0.407 e. The van der Waals surface area contributed by atoms with Crippen LogP contribution in [0.5, 0.6) is 5.75 Å². The van der Waals surface area contributed by atoms with Gasteiger partial charge in [0.25, 0.3) is 11.8 Å². The van der Waals surface area contributed by atoms with Crippen molar-refractivity contribution in [3.05, 3.63) is 50.7 Å². The SMILES string of the molecule is COC(=O)C(CNC(=O)OC(C)(C)C)NC(=O)c1sc(C(=O)NCc2cccc(O)c2)cc1Cl. The van der Waals surface area contributed by atoms with E-state index in [1.54, 1.807) is 32.9 Å². The average Bonchev–Trinajstić information content (AvgIpc) is 3.15. The van der Waals surface area contributed by atoms with E-state index in [2.05, 4.69) is 20.7 Å². The molecular weight excluding hydrogens is 486 g/mol. The molecule has 34 heavy (non-hydrogen) atoms. The zero-order valence-corrected chi connectivity index (χ0v) is 20.6. The number of esters is 1. The lowest BCUT2D eigenvalue weighted by atomic mass is 10.2. The number of rotatable bonds is 8. The highest BCUT2D eigenvalue weighted by Crippen LogP contribution is 2.27. The van der Waals surface area contributed by atoms with Crippen molar-refractivity contribution < 1.29 is 33.8 Å². The van der Waals surface area contributed by atoms with Gasteiger partial charge < -0.3 is 30.5 Å². The van der Waals surface area contributed by atoms with E-state index in [9.17, 15) is 24.3 Å². The second-order valence-electron chi connectivity index (χ2n) is 8.07. The van der Waals surface area contributed by atoms with E-state index >= 15 is 0 Å². The number of hydrogen-bond acceptors (Lipinski definition) is 8. The quantitative estimate of drug-likeness (QED) is 0.399. The van der Waals surface area contributed by atoms with Crippen LogP contribution in [0, 0.1) is 0 Å². The summed E-state index contributed by atoms with van der Waals surface area (Å²) in [6.07, 6.45) is -0.768. The second-order valence-corrected chi connectivity index (χ2v) is 9.53. The van der Waals surface area contributed by atoms with Crippen LogP contribution in [-0.4, -0.2) is 54.3 Å². The molecule has 4 N–H and O–H groups in total. The van der Waals surface area contributed by atoms with Gasteiger partial charge in [-0.3, -0.25) is 9.59 Å². The average molecular weight is 512 g/mol. The Morgan fingerprint density at radius 3 is 2.44 bits per heavy atom. The lowest BCUT2D eigenvalue weighted by Gasteiger charge is -2.21. The number of methoxy groups -OCH3 is 1. The van der Waals surface area contributed by atoms with Crippen molar-refractivity contribution in [2.75, 3.05) is 13.7 Å². The normalized spacial score (nSPS) is 11.8. The molecule has 0 spiro atoms. The Labute approximate surface area is 205 Å². The summed E-state index contributed by atoms with van der Waals surface area (Å²) in [6, 6.07) is 6.53. The zero-order chi connectivity index (χ0) is 25.5. The third kappa shape index (κ3) is 8.23. The van der Waals surface area contributed by atoms with Gasteiger partial charge in [-0.2, -0.15) is 0 Å². The standard InChI is InChI=1S/C22H26ClN3O7S/c1-22(2,3)33-21(31)25-11-15(20(30)32-4)26-19(29)17-14(23)9-16(34-17)18(28)24-10-12-6-5-7-13(27)8-12/h5-9,15,27H,10-11H2,1-4H3,(H,24,28)(H,25,31)(H,26,29). The van der Waals surface area contributed by atoms with E-state index in [1.807, 2.05) is 0 Å². The number of alkyl carbamates (subject to hydrolysis) is 1. The number of ether oxygens (including phenoxy) is 2. The molecule has 0 radical (unpaired) electrons. The van der Waals surface area contributed by atoms with E-state index in [-0.39, 0.29) is 33.6 Å². The van der Waals surface area contributed by atoms with Crippen LogP contribution in [0.2, 0.25) is 5.02 Å². The monoisotopic (exact) mass is 511 g/mol. The van der Waals surface area contributed by atoms with Gasteiger partial charge in [0.05, 0.1) is 23.6 Å². The molecule has 0 saturated carbocycles. The topological polar surface area (TPSA) is 143 Å². The Morgan fingerprint density at radius 1 is 1.12 bits per heavy atom. The lowest BCUT2D eigenvalue weighted by molar-refractivity contribution is -0.142. The zero-order valence-electron chi connectivity index (χ0n) is 19.1. The molecule has 12 heteroatoms. The fourth-order valence-corrected chi connectivity index (χ4v) is 3.88. The van der Waals surface area contributed by atoms with Crippen LogP contribution < -0.4 is 16.0 Å². The van der Waals surface area contributed by atoms with Gasteiger partial charge in [0, 0.05) is 6.54 Å². The molecule has 0 aliphatic carbocycles. The lowest BCUT2D eigenvalue weighted by Crippen LogP contribution is -2.49. The fourth-order valence-electron chi connectivity index (χ4n) is 2.63. The Morgan fingerprint density at radius 2 is 1.82 bits per heavy atom. The van der Waals surface area contributed by atoms with Gasteiger partial charge in [-0.25, -0.2) is 9.59 Å². The van der Waals surface area contributed by atoms with E-state index in [1.165, 1.54) is 18.2 Å². The third-order valence-electron chi connectivity index (χ3n) is 4.12. The summed E-state index contributed by atoms with van der Waals surface area (Å²) < 4.78 is 9.79. The first-order valence-corrected chi connectivity index (χ1v) is 11.3. The molecule has 2 rings (SSSR count). The highest BCUT2D eigenvalue weighted by Gasteiger charge is 2.27. The Balaban J connectivity index is 2.03. The van der Waals surface area contributed by atoms with Crippen LogP contribution in [-0.2, 0) is 20.8 Å². The van der Waals surface area contributed by atoms with Gasteiger partial charge in [-0.15, -0.1) is 11.3 Å². The van der Waals surface area contributed by atoms with Gasteiger partial charge in [-0.1, -0.05) is 23.7 Å². The van der Waals surface area contributed by atoms with E-state index in [0.29, 0.717) is 5.56 Å². The number of hydrogen-bond donors (Lipinski definition) is 4. The van der Waals surface area contributed by atoms with Gasteiger partial charge >= 0.3 is 12.1 Å². The highest BCUT2D eigenvalue weighted by atomic mass is 35.5. The maximum atomic E-state index is 12.7. The predicted molar refractivity (Wildman–Crippen MR) is 126 cm³/mol. The first-order chi connectivity index (χ1) is 15.9. The first kappa shape index (κ1) is 26.9. The Hall–Kier alpha value is -3.31.